The number of piperidine rings is 1. The van der Waals surface area contributed by atoms with Gasteiger partial charge in [0.1, 0.15) is 17.9 Å². The van der Waals surface area contributed by atoms with Gasteiger partial charge in [0.05, 0.1) is 6.04 Å². The highest BCUT2D eigenvalue weighted by molar-refractivity contribution is 6.30. The molecule has 2 aliphatic rings. The molecule has 1 unspecified atom stereocenters. The zero-order valence-corrected chi connectivity index (χ0v) is 19.5. The van der Waals surface area contributed by atoms with E-state index in [1.165, 1.54) is 12.8 Å². The van der Waals surface area contributed by atoms with Crippen LogP contribution in [0, 0.1) is 24.7 Å². The van der Waals surface area contributed by atoms with Gasteiger partial charge in [-0.05, 0) is 69.6 Å². The number of hydrogen-bond donors (Lipinski definition) is 0. The maximum absolute atomic E-state index is 6.12. The van der Waals surface area contributed by atoms with Crippen molar-refractivity contribution in [3.63, 3.8) is 0 Å². The molecule has 0 radical (unpaired) electrons. The molecule has 32 heavy (non-hydrogen) atoms. The van der Waals surface area contributed by atoms with Gasteiger partial charge in [0, 0.05) is 36.3 Å². The Hall–Kier alpha value is -2.67. The van der Waals surface area contributed by atoms with E-state index in [2.05, 4.69) is 34.8 Å². The van der Waals surface area contributed by atoms with Gasteiger partial charge in [-0.2, -0.15) is 10.1 Å². The summed E-state index contributed by atoms with van der Waals surface area (Å²) in [6, 6.07) is 10.2. The Morgan fingerprint density at radius 3 is 2.59 bits per heavy atom. The minimum Gasteiger partial charge on any atom is -0.424 e. The molecule has 3 heterocycles. The van der Waals surface area contributed by atoms with Gasteiger partial charge in [-0.25, -0.2) is 14.6 Å². The molecule has 2 fully saturated rings. The van der Waals surface area contributed by atoms with E-state index in [9.17, 15) is 0 Å². The molecular formula is C24H29ClN6O. The first-order valence-electron chi connectivity index (χ1n) is 11.4. The number of halogens is 1. The van der Waals surface area contributed by atoms with Crippen molar-refractivity contribution in [2.75, 3.05) is 18.0 Å². The summed E-state index contributed by atoms with van der Waals surface area (Å²) < 4.78 is 7.93. The van der Waals surface area contributed by atoms with E-state index < -0.39 is 0 Å². The summed E-state index contributed by atoms with van der Waals surface area (Å²) >= 11 is 6.12. The molecule has 5 rings (SSSR count). The fraction of sp³-hybridized carbons (Fsp3) is 0.500. The Kier molecular flexibility index (Phi) is 5.76. The van der Waals surface area contributed by atoms with E-state index in [1.807, 2.05) is 29.8 Å². The minimum absolute atomic E-state index is 0.157. The van der Waals surface area contributed by atoms with E-state index >= 15 is 0 Å². The molecule has 3 aromatic rings. The SMILES string of the molecule is Cc1cc(N2C[C@H]3CC[C@@H](C2)C3Cc2nc(Oc3cccc(Cl)c3)n(C(C)C)n2)ncn1. The van der Waals surface area contributed by atoms with Crippen LogP contribution in [0.2, 0.25) is 5.02 Å². The zero-order chi connectivity index (χ0) is 22.2. The highest BCUT2D eigenvalue weighted by Gasteiger charge is 2.43. The van der Waals surface area contributed by atoms with E-state index in [4.69, 9.17) is 26.4 Å². The van der Waals surface area contributed by atoms with Gasteiger partial charge in [-0.3, -0.25) is 0 Å². The van der Waals surface area contributed by atoms with E-state index in [0.717, 1.165) is 36.8 Å². The van der Waals surface area contributed by atoms with Crippen molar-refractivity contribution < 1.29 is 4.74 Å². The lowest BCUT2D eigenvalue weighted by Crippen LogP contribution is -2.43. The minimum atomic E-state index is 0.157. The molecular weight excluding hydrogens is 424 g/mol. The molecule has 7 nitrogen and oxygen atoms in total. The molecule has 1 aliphatic carbocycles. The van der Waals surface area contributed by atoms with Crippen molar-refractivity contribution in [3.8, 4) is 11.8 Å². The second-order valence-electron chi connectivity index (χ2n) is 9.30. The standard InChI is InChI=1S/C24H29ClN6O/c1-15(2)31-24(32-20-6-4-5-19(25)10-20)28-22(29-31)11-21-17-7-8-18(21)13-30(12-17)23-9-16(3)26-14-27-23/h4-6,9-10,14-15,17-18,21H,7-8,11-13H2,1-3H3/t17-,18+,21?. The fourth-order valence-electron chi connectivity index (χ4n) is 5.16. The average Bonchev–Trinajstić information content (AvgIpc) is 3.24. The van der Waals surface area contributed by atoms with Crippen LogP contribution >= 0.6 is 11.6 Å². The molecule has 168 valence electrons. The summed E-state index contributed by atoms with van der Waals surface area (Å²) in [6.07, 6.45) is 5.07. The second kappa shape index (κ2) is 8.70. The van der Waals surface area contributed by atoms with Crippen LogP contribution in [-0.2, 0) is 6.42 Å². The summed E-state index contributed by atoms with van der Waals surface area (Å²) in [5, 5.41) is 5.46. The largest absolute Gasteiger partial charge is 0.424 e. The molecule has 2 bridgehead atoms. The van der Waals surface area contributed by atoms with Crippen molar-refractivity contribution in [3.05, 3.63) is 53.2 Å². The first-order valence-corrected chi connectivity index (χ1v) is 11.8. The lowest BCUT2D eigenvalue weighted by Gasteiger charge is -2.38. The van der Waals surface area contributed by atoms with E-state index in [1.54, 1.807) is 12.4 Å². The Morgan fingerprint density at radius 2 is 1.91 bits per heavy atom. The second-order valence-corrected chi connectivity index (χ2v) is 9.73. The van der Waals surface area contributed by atoms with Crippen molar-refractivity contribution in [1.29, 1.82) is 0 Å². The number of hydrogen-bond acceptors (Lipinski definition) is 6. The van der Waals surface area contributed by atoms with Gasteiger partial charge in [-0.15, -0.1) is 0 Å². The fourth-order valence-corrected chi connectivity index (χ4v) is 5.34. The van der Waals surface area contributed by atoms with Gasteiger partial charge in [0.2, 0.25) is 0 Å². The normalized spacial score (nSPS) is 22.5. The first-order chi connectivity index (χ1) is 15.5. The monoisotopic (exact) mass is 452 g/mol. The third-order valence-corrected chi connectivity index (χ3v) is 6.93. The Labute approximate surface area is 193 Å². The smallest absolute Gasteiger partial charge is 0.320 e. The number of rotatable bonds is 6. The number of aromatic nitrogens is 5. The van der Waals surface area contributed by atoms with Crippen LogP contribution in [0.5, 0.6) is 11.8 Å². The van der Waals surface area contributed by atoms with Crippen LogP contribution < -0.4 is 9.64 Å². The van der Waals surface area contributed by atoms with Gasteiger partial charge >= 0.3 is 6.01 Å². The highest BCUT2D eigenvalue weighted by atomic mass is 35.5. The van der Waals surface area contributed by atoms with E-state index in [0.29, 0.717) is 34.5 Å². The summed E-state index contributed by atoms with van der Waals surface area (Å²) in [7, 11) is 0. The Balaban J connectivity index is 1.32. The predicted molar refractivity (Wildman–Crippen MR) is 124 cm³/mol. The molecule has 2 aromatic heterocycles. The van der Waals surface area contributed by atoms with Crippen LogP contribution in [0.4, 0.5) is 5.82 Å². The van der Waals surface area contributed by atoms with Crippen LogP contribution in [0.15, 0.2) is 36.7 Å². The van der Waals surface area contributed by atoms with Gasteiger partial charge in [-0.1, -0.05) is 17.7 Å². The summed E-state index contributed by atoms with van der Waals surface area (Å²) in [5.74, 6) is 4.44. The first kappa shape index (κ1) is 21.2. The van der Waals surface area contributed by atoms with Crippen molar-refractivity contribution in [2.45, 2.75) is 46.1 Å². The molecule has 3 atom stereocenters. The molecule has 1 saturated carbocycles. The topological polar surface area (TPSA) is 69.0 Å². The molecule has 1 aliphatic heterocycles. The molecule has 0 N–H and O–H groups in total. The van der Waals surface area contributed by atoms with Crippen LogP contribution in [0.25, 0.3) is 0 Å². The molecule has 0 amide bonds. The zero-order valence-electron chi connectivity index (χ0n) is 18.8. The average molecular weight is 453 g/mol. The van der Waals surface area contributed by atoms with Gasteiger partial charge < -0.3 is 9.64 Å². The molecule has 1 saturated heterocycles. The van der Waals surface area contributed by atoms with E-state index in [-0.39, 0.29) is 6.04 Å². The number of fused-ring (bicyclic) bond motifs is 2. The van der Waals surface area contributed by atoms with Crippen molar-refractivity contribution in [1.82, 2.24) is 24.7 Å². The highest BCUT2D eigenvalue weighted by Crippen LogP contribution is 2.44. The third kappa shape index (κ3) is 4.31. The quantitative estimate of drug-likeness (QED) is 0.517. The lowest BCUT2D eigenvalue weighted by molar-refractivity contribution is 0.264. The molecule has 8 heteroatoms. The van der Waals surface area contributed by atoms with Crippen LogP contribution in [0.3, 0.4) is 0 Å². The third-order valence-electron chi connectivity index (χ3n) is 6.70. The molecule has 1 aromatic carbocycles. The maximum atomic E-state index is 6.12. The number of aryl methyl sites for hydroxylation is 1. The lowest BCUT2D eigenvalue weighted by atomic mass is 9.82. The van der Waals surface area contributed by atoms with Crippen LogP contribution in [0.1, 0.15) is 44.2 Å². The van der Waals surface area contributed by atoms with Crippen molar-refractivity contribution in [2.24, 2.45) is 17.8 Å². The predicted octanol–water partition coefficient (Wildman–Crippen LogP) is 5.11. The number of benzene rings is 1. The molecule has 0 spiro atoms. The summed E-state index contributed by atoms with van der Waals surface area (Å²) in [4.78, 5) is 16.0. The maximum Gasteiger partial charge on any atom is 0.320 e. The Bertz CT molecular complexity index is 1090. The van der Waals surface area contributed by atoms with Crippen molar-refractivity contribution >= 4 is 17.4 Å². The Morgan fingerprint density at radius 1 is 1.12 bits per heavy atom. The van der Waals surface area contributed by atoms with Crippen LogP contribution in [-0.4, -0.2) is 37.8 Å². The summed E-state index contributed by atoms with van der Waals surface area (Å²) in [6.45, 7) is 8.28. The van der Waals surface area contributed by atoms with Gasteiger partial charge in [0.15, 0.2) is 5.82 Å². The summed E-state index contributed by atoms with van der Waals surface area (Å²) in [5.41, 5.74) is 1.01. The number of ether oxygens (including phenoxy) is 1. The van der Waals surface area contributed by atoms with Gasteiger partial charge in [0.25, 0.3) is 0 Å². The number of anilines is 1. The number of nitrogens with zero attached hydrogens (tertiary/aromatic N) is 6.